The summed E-state index contributed by atoms with van der Waals surface area (Å²) in [5.74, 6) is 0.993. The fraction of sp³-hybridized carbons (Fsp3) is 0.520. The largest absolute Gasteiger partial charge is 0.494 e. The van der Waals surface area contributed by atoms with Gasteiger partial charge in [0.05, 0.1) is 18.0 Å². The Morgan fingerprint density at radius 3 is 2.45 bits per heavy atom. The van der Waals surface area contributed by atoms with Gasteiger partial charge in [-0.15, -0.1) is 0 Å². The molecule has 0 atom stereocenters. The van der Waals surface area contributed by atoms with Crippen LogP contribution in [0.3, 0.4) is 0 Å². The molecule has 4 heteroatoms. The van der Waals surface area contributed by atoms with E-state index in [1.807, 2.05) is 11.8 Å². The zero-order valence-corrected chi connectivity index (χ0v) is 19.1. The van der Waals surface area contributed by atoms with Crippen molar-refractivity contribution in [2.45, 2.75) is 62.7 Å². The van der Waals surface area contributed by atoms with E-state index in [0.717, 1.165) is 38.4 Å². The van der Waals surface area contributed by atoms with Gasteiger partial charge < -0.3 is 14.5 Å². The van der Waals surface area contributed by atoms with Crippen molar-refractivity contribution in [3.63, 3.8) is 0 Å². The van der Waals surface area contributed by atoms with Gasteiger partial charge in [0.15, 0.2) is 0 Å². The molecule has 1 heterocycles. The Bertz CT molecular complexity index is 760. The standard InChI is InChI=1S/C25H36N2OS/c1-4-7-12-19-28-21-15-16-25-23(20-21)27(18-11-10-17-26(5-2)6-3)22-13-8-9-14-24(22)29-25/h8-9,13-16,20H,4-7,10-12,17-19H2,1-3H3. The number of benzene rings is 2. The van der Waals surface area contributed by atoms with Crippen LogP contribution in [0.15, 0.2) is 52.3 Å². The smallest absolute Gasteiger partial charge is 0.121 e. The lowest BCUT2D eigenvalue weighted by molar-refractivity contribution is 0.297. The summed E-state index contributed by atoms with van der Waals surface area (Å²) in [4.78, 5) is 7.69. The normalized spacial score (nSPS) is 12.8. The average molecular weight is 413 g/mol. The van der Waals surface area contributed by atoms with Crippen molar-refractivity contribution < 1.29 is 4.74 Å². The number of fused-ring (bicyclic) bond motifs is 2. The SMILES string of the molecule is CCCCCOc1ccc2c(c1)N(CCCCN(CC)CC)c1ccccc1S2. The molecular formula is C25H36N2OS. The monoisotopic (exact) mass is 412 g/mol. The van der Waals surface area contributed by atoms with Crippen LogP contribution in [0, 0.1) is 0 Å². The molecule has 0 bridgehead atoms. The van der Waals surface area contributed by atoms with Gasteiger partial charge in [-0.2, -0.15) is 0 Å². The molecule has 0 aliphatic carbocycles. The fourth-order valence-corrected chi connectivity index (χ4v) is 4.90. The Kier molecular flexibility index (Phi) is 8.75. The molecule has 0 N–H and O–H groups in total. The van der Waals surface area contributed by atoms with Crippen LogP contribution >= 0.6 is 11.8 Å². The molecule has 0 radical (unpaired) electrons. The Hall–Kier alpha value is -1.65. The van der Waals surface area contributed by atoms with Crippen LogP contribution in [-0.2, 0) is 0 Å². The number of rotatable bonds is 12. The van der Waals surface area contributed by atoms with Crippen molar-refractivity contribution in [2.24, 2.45) is 0 Å². The molecule has 2 aromatic rings. The zero-order valence-electron chi connectivity index (χ0n) is 18.3. The molecule has 2 aromatic carbocycles. The van der Waals surface area contributed by atoms with Crippen molar-refractivity contribution in [1.29, 1.82) is 0 Å². The van der Waals surface area contributed by atoms with E-state index in [1.54, 1.807) is 0 Å². The van der Waals surface area contributed by atoms with E-state index in [-0.39, 0.29) is 0 Å². The first-order valence-electron chi connectivity index (χ1n) is 11.3. The molecule has 1 aliphatic rings. The third-order valence-corrected chi connectivity index (χ3v) is 6.74. The van der Waals surface area contributed by atoms with E-state index < -0.39 is 0 Å². The molecule has 0 unspecified atom stereocenters. The molecule has 0 amide bonds. The summed E-state index contributed by atoms with van der Waals surface area (Å²) < 4.78 is 6.05. The number of nitrogens with zero attached hydrogens (tertiary/aromatic N) is 2. The number of hydrogen-bond donors (Lipinski definition) is 0. The van der Waals surface area contributed by atoms with E-state index in [1.165, 1.54) is 53.4 Å². The topological polar surface area (TPSA) is 15.7 Å². The summed E-state index contributed by atoms with van der Waals surface area (Å²) in [6.45, 7) is 12.0. The first kappa shape index (κ1) is 22.0. The Labute approximate surface area is 181 Å². The minimum atomic E-state index is 0.806. The van der Waals surface area contributed by atoms with Gasteiger partial charge in [0.1, 0.15) is 5.75 Å². The fourth-order valence-electron chi connectivity index (χ4n) is 3.83. The Morgan fingerprint density at radius 2 is 1.66 bits per heavy atom. The molecule has 0 spiro atoms. The third-order valence-electron chi connectivity index (χ3n) is 5.61. The highest BCUT2D eigenvalue weighted by Crippen LogP contribution is 2.49. The highest BCUT2D eigenvalue weighted by molar-refractivity contribution is 7.99. The van der Waals surface area contributed by atoms with Crippen LogP contribution in [0.4, 0.5) is 11.4 Å². The Morgan fingerprint density at radius 1 is 0.862 bits per heavy atom. The second-order valence-electron chi connectivity index (χ2n) is 7.64. The lowest BCUT2D eigenvalue weighted by Crippen LogP contribution is -2.26. The van der Waals surface area contributed by atoms with E-state index in [4.69, 9.17) is 4.74 Å². The number of unbranched alkanes of at least 4 members (excludes halogenated alkanes) is 3. The minimum Gasteiger partial charge on any atom is -0.494 e. The van der Waals surface area contributed by atoms with Crippen molar-refractivity contribution in [2.75, 3.05) is 37.7 Å². The maximum atomic E-state index is 6.05. The molecule has 29 heavy (non-hydrogen) atoms. The molecule has 0 aromatic heterocycles. The molecule has 0 saturated heterocycles. The lowest BCUT2D eigenvalue weighted by Gasteiger charge is -2.33. The van der Waals surface area contributed by atoms with Crippen LogP contribution in [0.1, 0.15) is 52.9 Å². The van der Waals surface area contributed by atoms with Gasteiger partial charge >= 0.3 is 0 Å². The number of anilines is 2. The van der Waals surface area contributed by atoms with Gasteiger partial charge in [-0.05, 0) is 63.2 Å². The number of ether oxygens (including phenoxy) is 1. The first-order valence-corrected chi connectivity index (χ1v) is 12.1. The third kappa shape index (κ3) is 5.93. The van der Waals surface area contributed by atoms with Crippen LogP contribution < -0.4 is 9.64 Å². The Balaban J connectivity index is 1.72. The van der Waals surface area contributed by atoms with Gasteiger partial charge in [-0.3, -0.25) is 0 Å². The van der Waals surface area contributed by atoms with Crippen molar-refractivity contribution >= 4 is 23.1 Å². The highest BCUT2D eigenvalue weighted by atomic mass is 32.2. The van der Waals surface area contributed by atoms with E-state index in [9.17, 15) is 0 Å². The highest BCUT2D eigenvalue weighted by Gasteiger charge is 2.23. The molecule has 1 aliphatic heterocycles. The van der Waals surface area contributed by atoms with Gasteiger partial charge in [0.25, 0.3) is 0 Å². The first-order chi connectivity index (χ1) is 14.3. The van der Waals surface area contributed by atoms with Gasteiger partial charge in [-0.25, -0.2) is 0 Å². The maximum absolute atomic E-state index is 6.05. The zero-order chi connectivity index (χ0) is 20.5. The molecule has 3 rings (SSSR count). The van der Waals surface area contributed by atoms with E-state index >= 15 is 0 Å². The molecule has 0 fully saturated rings. The van der Waals surface area contributed by atoms with Gasteiger partial charge in [-0.1, -0.05) is 57.5 Å². The second kappa shape index (κ2) is 11.5. The van der Waals surface area contributed by atoms with Crippen LogP contribution in [0.5, 0.6) is 5.75 Å². The predicted octanol–water partition coefficient (Wildman–Crippen LogP) is 6.98. The van der Waals surface area contributed by atoms with E-state index in [0.29, 0.717) is 0 Å². The van der Waals surface area contributed by atoms with Crippen molar-refractivity contribution in [3.8, 4) is 5.75 Å². The summed E-state index contributed by atoms with van der Waals surface area (Å²) in [6, 6.07) is 15.4. The predicted molar refractivity (Wildman–Crippen MR) is 126 cm³/mol. The summed E-state index contributed by atoms with van der Waals surface area (Å²) >= 11 is 1.87. The quantitative estimate of drug-likeness (QED) is 0.349. The molecule has 3 nitrogen and oxygen atoms in total. The summed E-state index contributed by atoms with van der Waals surface area (Å²) in [7, 11) is 0. The summed E-state index contributed by atoms with van der Waals surface area (Å²) in [6.07, 6.45) is 6.00. The van der Waals surface area contributed by atoms with Gasteiger partial charge in [0, 0.05) is 22.4 Å². The average Bonchev–Trinajstić information content (AvgIpc) is 2.76. The second-order valence-corrected chi connectivity index (χ2v) is 8.72. The van der Waals surface area contributed by atoms with Crippen LogP contribution in [0.2, 0.25) is 0 Å². The summed E-state index contributed by atoms with van der Waals surface area (Å²) in [5.41, 5.74) is 2.63. The minimum absolute atomic E-state index is 0.806. The van der Waals surface area contributed by atoms with Crippen LogP contribution in [-0.4, -0.2) is 37.7 Å². The summed E-state index contributed by atoms with van der Waals surface area (Å²) in [5, 5.41) is 0. The van der Waals surface area contributed by atoms with Crippen LogP contribution in [0.25, 0.3) is 0 Å². The number of para-hydroxylation sites is 1. The molecule has 158 valence electrons. The number of hydrogen-bond acceptors (Lipinski definition) is 4. The maximum Gasteiger partial charge on any atom is 0.121 e. The molecule has 0 saturated carbocycles. The van der Waals surface area contributed by atoms with Crippen molar-refractivity contribution in [1.82, 2.24) is 4.90 Å². The lowest BCUT2D eigenvalue weighted by atomic mass is 10.2. The van der Waals surface area contributed by atoms with Gasteiger partial charge in [0.2, 0.25) is 0 Å². The van der Waals surface area contributed by atoms with E-state index in [2.05, 4.69) is 73.0 Å². The van der Waals surface area contributed by atoms with Crippen molar-refractivity contribution in [3.05, 3.63) is 42.5 Å². The molecular weight excluding hydrogens is 376 g/mol.